The number of halogens is 2. The summed E-state index contributed by atoms with van der Waals surface area (Å²) < 4.78 is 0. The van der Waals surface area contributed by atoms with E-state index in [9.17, 15) is 4.79 Å². The summed E-state index contributed by atoms with van der Waals surface area (Å²) in [5, 5.41) is 4.28. The van der Waals surface area contributed by atoms with Crippen molar-refractivity contribution >= 4 is 34.8 Å². The lowest BCUT2D eigenvalue weighted by molar-refractivity contribution is 0.0952. The van der Waals surface area contributed by atoms with Gasteiger partial charge in [-0.3, -0.25) is 9.69 Å². The molecule has 172 valence electrons. The van der Waals surface area contributed by atoms with Gasteiger partial charge in [-0.25, -0.2) is 0 Å². The lowest BCUT2D eigenvalue weighted by Crippen LogP contribution is -2.46. The predicted molar refractivity (Wildman–Crippen MR) is 139 cm³/mol. The maximum absolute atomic E-state index is 12.4. The van der Waals surface area contributed by atoms with Gasteiger partial charge >= 0.3 is 0 Å². The molecule has 3 aromatic rings. The monoisotopic (exact) mass is 481 g/mol. The van der Waals surface area contributed by atoms with Gasteiger partial charge in [0, 0.05) is 38.3 Å². The summed E-state index contributed by atoms with van der Waals surface area (Å²) in [4.78, 5) is 17.2. The summed E-state index contributed by atoms with van der Waals surface area (Å²) in [6, 6.07) is 23.8. The van der Waals surface area contributed by atoms with Gasteiger partial charge in [0.15, 0.2) is 0 Å². The van der Waals surface area contributed by atoms with Crippen LogP contribution in [0.4, 0.5) is 5.69 Å². The van der Waals surface area contributed by atoms with E-state index in [2.05, 4.69) is 27.2 Å². The maximum Gasteiger partial charge on any atom is 0.251 e. The first-order chi connectivity index (χ1) is 16.1. The molecule has 0 spiro atoms. The van der Waals surface area contributed by atoms with Crippen LogP contribution in [0.1, 0.15) is 23.2 Å². The van der Waals surface area contributed by atoms with Gasteiger partial charge in [-0.15, -0.1) is 0 Å². The summed E-state index contributed by atoms with van der Waals surface area (Å²) in [7, 11) is 0. The first-order valence-electron chi connectivity index (χ1n) is 11.5. The van der Waals surface area contributed by atoms with Gasteiger partial charge in [-0.05, 0) is 54.8 Å². The smallest absolute Gasteiger partial charge is 0.251 e. The Bertz CT molecular complexity index is 1050. The molecule has 0 saturated carbocycles. The molecule has 0 aromatic heterocycles. The van der Waals surface area contributed by atoms with Crippen LogP contribution in [-0.2, 0) is 0 Å². The highest BCUT2D eigenvalue weighted by atomic mass is 35.5. The summed E-state index contributed by atoms with van der Waals surface area (Å²) in [5.74, 6) is -0.0124. The largest absolute Gasteiger partial charge is 0.368 e. The van der Waals surface area contributed by atoms with Gasteiger partial charge in [-0.1, -0.05) is 71.7 Å². The maximum atomic E-state index is 12.4. The van der Waals surface area contributed by atoms with E-state index < -0.39 is 0 Å². The topological polar surface area (TPSA) is 35.6 Å². The van der Waals surface area contributed by atoms with Crippen LogP contribution in [0.15, 0.2) is 72.8 Å². The first kappa shape index (κ1) is 23.6. The summed E-state index contributed by atoms with van der Waals surface area (Å²) in [6.07, 6.45) is 2.03. The molecule has 1 saturated heterocycles. The number of hydrogen-bond donors (Lipinski definition) is 1. The van der Waals surface area contributed by atoms with Crippen molar-refractivity contribution in [1.29, 1.82) is 0 Å². The Morgan fingerprint density at radius 1 is 0.788 bits per heavy atom. The minimum atomic E-state index is -0.0124. The molecular formula is C27H29Cl2N3O. The fourth-order valence-corrected chi connectivity index (χ4v) is 4.57. The van der Waals surface area contributed by atoms with Crippen LogP contribution < -0.4 is 10.2 Å². The number of piperazine rings is 1. The summed E-state index contributed by atoms with van der Waals surface area (Å²) in [6.45, 7) is 5.62. The van der Waals surface area contributed by atoms with E-state index >= 15 is 0 Å². The molecule has 0 aliphatic carbocycles. The van der Waals surface area contributed by atoms with E-state index in [0.717, 1.165) is 62.4 Å². The number of rotatable bonds is 8. The molecule has 33 heavy (non-hydrogen) atoms. The fourth-order valence-electron chi connectivity index (χ4n) is 4.16. The molecule has 1 heterocycles. The average molecular weight is 482 g/mol. The van der Waals surface area contributed by atoms with Crippen LogP contribution in [0.2, 0.25) is 10.0 Å². The van der Waals surface area contributed by atoms with E-state index in [1.54, 1.807) is 0 Å². The quantitative estimate of drug-likeness (QED) is 0.401. The van der Waals surface area contributed by atoms with Crippen molar-refractivity contribution in [3.63, 3.8) is 0 Å². The lowest BCUT2D eigenvalue weighted by atomic mass is 10.0. The second-order valence-corrected chi connectivity index (χ2v) is 9.09. The van der Waals surface area contributed by atoms with Crippen LogP contribution in [0.5, 0.6) is 0 Å². The Morgan fingerprint density at radius 3 is 2.21 bits per heavy atom. The highest BCUT2D eigenvalue weighted by Gasteiger charge is 2.19. The summed E-state index contributed by atoms with van der Waals surface area (Å²) in [5.41, 5.74) is 3.99. The minimum Gasteiger partial charge on any atom is -0.368 e. The van der Waals surface area contributed by atoms with Crippen molar-refractivity contribution in [3.05, 3.63) is 88.4 Å². The minimum absolute atomic E-state index is 0.0124. The number of hydrogen-bond acceptors (Lipinski definition) is 3. The third-order valence-electron chi connectivity index (χ3n) is 6.09. The first-order valence-corrected chi connectivity index (χ1v) is 12.2. The number of anilines is 1. The molecule has 0 atom stereocenters. The van der Waals surface area contributed by atoms with Crippen molar-refractivity contribution in [3.8, 4) is 11.1 Å². The van der Waals surface area contributed by atoms with Gasteiger partial charge in [0.05, 0.1) is 15.7 Å². The van der Waals surface area contributed by atoms with E-state index in [0.29, 0.717) is 22.2 Å². The molecule has 3 aromatic carbocycles. The Hall–Kier alpha value is -2.53. The summed E-state index contributed by atoms with van der Waals surface area (Å²) >= 11 is 12.5. The van der Waals surface area contributed by atoms with Crippen molar-refractivity contribution in [2.45, 2.75) is 12.8 Å². The van der Waals surface area contributed by atoms with Gasteiger partial charge in [0.1, 0.15) is 0 Å². The van der Waals surface area contributed by atoms with Crippen LogP contribution in [0, 0.1) is 0 Å². The van der Waals surface area contributed by atoms with E-state index in [4.69, 9.17) is 23.2 Å². The number of nitrogens with one attached hydrogen (secondary N) is 1. The highest BCUT2D eigenvalue weighted by molar-refractivity contribution is 6.43. The molecule has 0 bridgehead atoms. The standard InChI is InChI=1S/C27H29Cl2N3O/c28-24-9-6-10-25(26(24)29)32-19-17-31(18-20-32)16-5-4-15-30-27(33)23-13-11-22(12-14-23)21-7-2-1-3-8-21/h1-3,6-14H,4-5,15-20H2,(H,30,33). The molecule has 1 fully saturated rings. The second-order valence-electron chi connectivity index (χ2n) is 8.31. The van der Waals surface area contributed by atoms with Gasteiger partial charge in [-0.2, -0.15) is 0 Å². The van der Waals surface area contributed by atoms with Crippen LogP contribution >= 0.6 is 23.2 Å². The molecule has 6 heteroatoms. The van der Waals surface area contributed by atoms with E-state index in [-0.39, 0.29) is 5.91 Å². The SMILES string of the molecule is O=C(NCCCCN1CCN(c2cccc(Cl)c2Cl)CC1)c1ccc(-c2ccccc2)cc1. The number of benzene rings is 3. The average Bonchev–Trinajstić information content (AvgIpc) is 2.86. The molecule has 0 radical (unpaired) electrons. The normalized spacial score (nSPS) is 14.3. The van der Waals surface area contributed by atoms with Crippen LogP contribution in [0.25, 0.3) is 11.1 Å². The van der Waals surface area contributed by atoms with Crippen LogP contribution in [-0.4, -0.2) is 50.1 Å². The Morgan fingerprint density at radius 2 is 1.48 bits per heavy atom. The zero-order valence-electron chi connectivity index (χ0n) is 18.6. The molecule has 1 amide bonds. The fraction of sp³-hybridized carbons (Fsp3) is 0.296. The predicted octanol–water partition coefficient (Wildman–Crippen LogP) is 5.99. The molecule has 4 nitrogen and oxygen atoms in total. The Balaban J connectivity index is 1.14. The van der Waals surface area contributed by atoms with Crippen LogP contribution in [0.3, 0.4) is 0 Å². The van der Waals surface area contributed by atoms with Gasteiger partial charge in [0.25, 0.3) is 5.91 Å². The molecule has 1 aliphatic rings. The van der Waals surface area contributed by atoms with Crippen molar-refractivity contribution < 1.29 is 4.79 Å². The third kappa shape index (κ3) is 6.29. The number of carbonyl (C=O) groups excluding carboxylic acids is 1. The van der Waals surface area contributed by atoms with Crippen molar-refractivity contribution in [2.24, 2.45) is 0 Å². The van der Waals surface area contributed by atoms with Gasteiger partial charge < -0.3 is 10.2 Å². The number of carbonyl (C=O) groups is 1. The van der Waals surface area contributed by atoms with Gasteiger partial charge in [0.2, 0.25) is 0 Å². The second kappa shape index (κ2) is 11.6. The number of unbranched alkanes of at least 4 members (excludes halogenated alkanes) is 1. The Labute approximate surface area is 206 Å². The lowest BCUT2D eigenvalue weighted by Gasteiger charge is -2.36. The van der Waals surface area contributed by atoms with E-state index in [1.165, 1.54) is 0 Å². The molecular weight excluding hydrogens is 453 g/mol. The van der Waals surface area contributed by atoms with Crippen molar-refractivity contribution in [2.75, 3.05) is 44.2 Å². The molecule has 1 N–H and O–H groups in total. The number of nitrogens with zero attached hydrogens (tertiary/aromatic N) is 2. The van der Waals surface area contributed by atoms with E-state index in [1.807, 2.05) is 60.7 Å². The highest BCUT2D eigenvalue weighted by Crippen LogP contribution is 2.32. The molecule has 1 aliphatic heterocycles. The third-order valence-corrected chi connectivity index (χ3v) is 6.89. The zero-order valence-corrected chi connectivity index (χ0v) is 20.2. The Kier molecular flexibility index (Phi) is 8.27. The zero-order chi connectivity index (χ0) is 23.0. The van der Waals surface area contributed by atoms with Crippen molar-refractivity contribution in [1.82, 2.24) is 10.2 Å². The molecule has 4 rings (SSSR count). The molecule has 0 unspecified atom stereocenters. The number of amides is 1.